The summed E-state index contributed by atoms with van der Waals surface area (Å²) >= 11 is 0. The summed E-state index contributed by atoms with van der Waals surface area (Å²) in [5.74, 6) is 0.910. The Labute approximate surface area is 120 Å². The van der Waals surface area contributed by atoms with Crippen molar-refractivity contribution in [1.29, 1.82) is 0 Å². The van der Waals surface area contributed by atoms with E-state index in [1.165, 1.54) is 0 Å². The van der Waals surface area contributed by atoms with E-state index in [1.807, 2.05) is 32.9 Å². The van der Waals surface area contributed by atoms with E-state index in [9.17, 15) is 4.79 Å². The Hall–Kier alpha value is -1.49. The smallest absolute Gasteiger partial charge is 0.407 e. The molecule has 0 saturated heterocycles. The summed E-state index contributed by atoms with van der Waals surface area (Å²) in [6.07, 6.45) is 4.48. The van der Waals surface area contributed by atoms with Gasteiger partial charge in [0, 0.05) is 12.1 Å². The van der Waals surface area contributed by atoms with Crippen molar-refractivity contribution < 1.29 is 13.9 Å². The molecule has 1 aliphatic carbocycles. The first-order valence-corrected chi connectivity index (χ1v) is 7.19. The second-order valence-electron chi connectivity index (χ2n) is 6.25. The van der Waals surface area contributed by atoms with Gasteiger partial charge in [-0.05, 0) is 52.2 Å². The summed E-state index contributed by atoms with van der Waals surface area (Å²) < 4.78 is 10.6. The van der Waals surface area contributed by atoms with Gasteiger partial charge in [0.2, 0.25) is 0 Å². The first kappa shape index (κ1) is 14.9. The van der Waals surface area contributed by atoms with Crippen molar-refractivity contribution in [2.24, 2.45) is 0 Å². The number of carbonyl (C=O) groups excluding carboxylic acids is 1. The van der Waals surface area contributed by atoms with Crippen LogP contribution in [0.3, 0.4) is 0 Å². The maximum atomic E-state index is 11.8. The molecule has 0 bridgehead atoms. The highest BCUT2D eigenvalue weighted by atomic mass is 16.6. The van der Waals surface area contributed by atoms with Crippen LogP contribution < -0.4 is 10.6 Å². The normalized spacial score (nSPS) is 22.8. The zero-order valence-electron chi connectivity index (χ0n) is 12.4. The maximum Gasteiger partial charge on any atom is 0.407 e. The third-order valence-electron chi connectivity index (χ3n) is 3.34. The molecule has 2 unspecified atom stereocenters. The summed E-state index contributed by atoms with van der Waals surface area (Å²) in [5, 5.41) is 6.40. The molecule has 1 fully saturated rings. The number of carbonyl (C=O) groups is 1. The average Bonchev–Trinajstić information content (AvgIpc) is 2.94. The second kappa shape index (κ2) is 6.31. The number of nitrogens with one attached hydrogen (secondary N) is 2. The van der Waals surface area contributed by atoms with Crippen LogP contribution in [-0.4, -0.2) is 23.8 Å². The third kappa shape index (κ3) is 4.56. The van der Waals surface area contributed by atoms with E-state index in [0.717, 1.165) is 25.0 Å². The number of hydrogen-bond acceptors (Lipinski definition) is 4. The van der Waals surface area contributed by atoms with Crippen LogP contribution in [0.15, 0.2) is 22.8 Å². The van der Waals surface area contributed by atoms with Crippen LogP contribution in [0.2, 0.25) is 0 Å². The summed E-state index contributed by atoms with van der Waals surface area (Å²) in [7, 11) is 0. The molecule has 0 aliphatic heterocycles. The van der Waals surface area contributed by atoms with Crippen molar-refractivity contribution in [3.63, 3.8) is 0 Å². The molecule has 0 spiro atoms. The lowest BCUT2D eigenvalue weighted by atomic mass is 10.1. The molecule has 112 valence electrons. The standard InChI is InChI=1S/C15H24N2O3/c1-15(2,3)20-14(18)17-13-8-4-7-12(13)16-10-11-6-5-9-19-11/h5-6,9,12-13,16H,4,7-8,10H2,1-3H3,(H,17,18). The van der Waals surface area contributed by atoms with E-state index in [2.05, 4.69) is 10.6 Å². The van der Waals surface area contributed by atoms with Crippen molar-refractivity contribution in [2.45, 2.75) is 64.3 Å². The van der Waals surface area contributed by atoms with Gasteiger partial charge in [-0.1, -0.05) is 0 Å². The molecule has 1 amide bonds. The molecule has 5 nitrogen and oxygen atoms in total. The predicted molar refractivity (Wildman–Crippen MR) is 76.3 cm³/mol. The van der Waals surface area contributed by atoms with Crippen LogP contribution in [-0.2, 0) is 11.3 Å². The quantitative estimate of drug-likeness (QED) is 0.890. The number of furan rings is 1. The highest BCUT2D eigenvalue weighted by molar-refractivity contribution is 5.68. The molecule has 1 aliphatic rings. The number of ether oxygens (including phenoxy) is 1. The van der Waals surface area contributed by atoms with Crippen LogP contribution >= 0.6 is 0 Å². The monoisotopic (exact) mass is 280 g/mol. The molecule has 5 heteroatoms. The third-order valence-corrected chi connectivity index (χ3v) is 3.34. The molecule has 0 radical (unpaired) electrons. The van der Waals surface area contributed by atoms with Gasteiger partial charge in [-0.25, -0.2) is 4.79 Å². The number of hydrogen-bond donors (Lipinski definition) is 2. The Morgan fingerprint density at radius 2 is 2.15 bits per heavy atom. The van der Waals surface area contributed by atoms with Crippen LogP contribution in [0.1, 0.15) is 45.8 Å². The van der Waals surface area contributed by atoms with E-state index in [4.69, 9.17) is 9.15 Å². The van der Waals surface area contributed by atoms with E-state index < -0.39 is 5.60 Å². The molecule has 20 heavy (non-hydrogen) atoms. The Balaban J connectivity index is 1.80. The summed E-state index contributed by atoms with van der Waals surface area (Å²) in [4.78, 5) is 11.8. The van der Waals surface area contributed by atoms with Gasteiger partial charge >= 0.3 is 6.09 Å². The van der Waals surface area contributed by atoms with Gasteiger partial charge in [-0.15, -0.1) is 0 Å². The highest BCUT2D eigenvalue weighted by Gasteiger charge is 2.29. The van der Waals surface area contributed by atoms with E-state index in [-0.39, 0.29) is 18.2 Å². The van der Waals surface area contributed by atoms with Crippen LogP contribution in [0.4, 0.5) is 4.79 Å². The van der Waals surface area contributed by atoms with E-state index in [0.29, 0.717) is 6.54 Å². The van der Waals surface area contributed by atoms with Gasteiger partial charge < -0.3 is 19.8 Å². The van der Waals surface area contributed by atoms with E-state index in [1.54, 1.807) is 6.26 Å². The zero-order chi connectivity index (χ0) is 14.6. The lowest BCUT2D eigenvalue weighted by Crippen LogP contribution is -2.47. The van der Waals surface area contributed by atoms with Crippen LogP contribution in [0, 0.1) is 0 Å². The van der Waals surface area contributed by atoms with Gasteiger partial charge in [-0.3, -0.25) is 0 Å². The number of rotatable bonds is 4. The van der Waals surface area contributed by atoms with Gasteiger partial charge in [-0.2, -0.15) is 0 Å². The fourth-order valence-corrected chi connectivity index (χ4v) is 2.48. The topological polar surface area (TPSA) is 63.5 Å². The first-order chi connectivity index (χ1) is 9.44. The van der Waals surface area contributed by atoms with Crippen molar-refractivity contribution >= 4 is 6.09 Å². The molecule has 2 rings (SSSR count). The Morgan fingerprint density at radius 1 is 1.40 bits per heavy atom. The van der Waals surface area contributed by atoms with Gasteiger partial charge in [0.05, 0.1) is 12.8 Å². The minimum atomic E-state index is -0.459. The SMILES string of the molecule is CC(C)(C)OC(=O)NC1CCCC1NCc1ccco1. The second-order valence-corrected chi connectivity index (χ2v) is 6.25. The molecular formula is C15H24N2O3. The minimum Gasteiger partial charge on any atom is -0.468 e. The molecule has 0 aromatic carbocycles. The zero-order valence-corrected chi connectivity index (χ0v) is 12.4. The lowest BCUT2D eigenvalue weighted by Gasteiger charge is -2.25. The maximum absolute atomic E-state index is 11.8. The minimum absolute atomic E-state index is 0.125. The molecule has 2 atom stereocenters. The highest BCUT2D eigenvalue weighted by Crippen LogP contribution is 2.20. The molecule has 1 aromatic heterocycles. The predicted octanol–water partition coefficient (Wildman–Crippen LogP) is 2.82. The summed E-state index contributed by atoms with van der Waals surface area (Å²) in [6, 6.07) is 4.22. The fourth-order valence-electron chi connectivity index (χ4n) is 2.48. The first-order valence-electron chi connectivity index (χ1n) is 7.19. The summed E-state index contributed by atoms with van der Waals surface area (Å²) in [6.45, 7) is 6.29. The Morgan fingerprint density at radius 3 is 2.80 bits per heavy atom. The van der Waals surface area contributed by atoms with Crippen molar-refractivity contribution in [3.8, 4) is 0 Å². The molecular weight excluding hydrogens is 256 g/mol. The molecule has 1 heterocycles. The summed E-state index contributed by atoms with van der Waals surface area (Å²) in [5.41, 5.74) is -0.459. The Kier molecular flexibility index (Phi) is 4.70. The Bertz CT molecular complexity index is 423. The van der Waals surface area contributed by atoms with Gasteiger partial charge in [0.1, 0.15) is 11.4 Å². The van der Waals surface area contributed by atoms with Crippen molar-refractivity contribution in [2.75, 3.05) is 0 Å². The number of alkyl carbamates (subject to hydrolysis) is 1. The van der Waals surface area contributed by atoms with Crippen molar-refractivity contribution in [3.05, 3.63) is 24.2 Å². The van der Waals surface area contributed by atoms with Crippen molar-refractivity contribution in [1.82, 2.24) is 10.6 Å². The van der Waals surface area contributed by atoms with Gasteiger partial charge in [0.25, 0.3) is 0 Å². The molecule has 1 aromatic rings. The fraction of sp³-hybridized carbons (Fsp3) is 0.667. The van der Waals surface area contributed by atoms with Crippen LogP contribution in [0.5, 0.6) is 0 Å². The molecule has 1 saturated carbocycles. The van der Waals surface area contributed by atoms with Crippen LogP contribution in [0.25, 0.3) is 0 Å². The largest absolute Gasteiger partial charge is 0.468 e. The van der Waals surface area contributed by atoms with E-state index >= 15 is 0 Å². The van der Waals surface area contributed by atoms with Gasteiger partial charge in [0.15, 0.2) is 0 Å². The number of amides is 1. The average molecular weight is 280 g/mol. The lowest BCUT2D eigenvalue weighted by molar-refractivity contribution is 0.0498. The molecule has 2 N–H and O–H groups in total.